The molecule has 2 aromatic carbocycles. The van der Waals surface area contributed by atoms with Crippen LogP contribution in [-0.4, -0.2) is 5.71 Å². The molecule has 0 saturated heterocycles. The zero-order valence-corrected chi connectivity index (χ0v) is 9.68. The zero-order valence-electron chi connectivity index (χ0n) is 9.68. The molecule has 2 nitrogen and oxygen atoms in total. The molecule has 0 fully saturated rings. The maximum absolute atomic E-state index is 5.92. The average molecular weight is 223 g/mol. The van der Waals surface area contributed by atoms with Gasteiger partial charge in [-0.3, -0.25) is 0 Å². The third-order valence-electron chi connectivity index (χ3n) is 2.87. The molecule has 0 N–H and O–H groups in total. The van der Waals surface area contributed by atoms with Gasteiger partial charge in [-0.2, -0.15) is 0 Å². The Kier molecular flexibility index (Phi) is 2.41. The average Bonchev–Trinajstić information content (AvgIpc) is 2.54. The number of aliphatic imine (C=N–C) groups is 1. The van der Waals surface area contributed by atoms with E-state index < -0.39 is 0 Å². The zero-order chi connectivity index (χ0) is 11.7. The van der Waals surface area contributed by atoms with Gasteiger partial charge in [0, 0.05) is 5.56 Å². The molecule has 0 bridgehead atoms. The Morgan fingerprint density at radius 2 is 1.65 bits per heavy atom. The fraction of sp³-hybridized carbons (Fsp3) is 0.133. The molecule has 3 rings (SSSR count). The molecule has 1 heterocycles. The predicted molar refractivity (Wildman–Crippen MR) is 69.4 cm³/mol. The molecule has 0 atom stereocenters. The third-order valence-corrected chi connectivity index (χ3v) is 2.87. The fourth-order valence-electron chi connectivity index (χ4n) is 2.02. The lowest BCUT2D eigenvalue weighted by molar-refractivity contribution is 0.485. The first kappa shape index (κ1) is 10.1. The fourth-order valence-corrected chi connectivity index (χ4v) is 2.02. The monoisotopic (exact) mass is 223 g/mol. The molecular formula is C15H13NO. The van der Waals surface area contributed by atoms with Crippen molar-refractivity contribution in [1.82, 2.24) is 0 Å². The number of rotatable bonds is 1. The summed E-state index contributed by atoms with van der Waals surface area (Å²) in [6.45, 7) is 2.11. The Balaban J connectivity index is 2.24. The Labute approximate surface area is 101 Å². The summed E-state index contributed by atoms with van der Waals surface area (Å²) in [6.07, 6.45) is 0.898. The molecular weight excluding hydrogens is 210 g/mol. The van der Waals surface area contributed by atoms with Crippen LogP contribution in [-0.2, 0) is 0 Å². The van der Waals surface area contributed by atoms with Gasteiger partial charge in [-0.25, -0.2) is 4.99 Å². The quantitative estimate of drug-likeness (QED) is 0.705. The molecule has 2 heteroatoms. The normalized spacial score (nSPS) is 12.9. The lowest BCUT2D eigenvalue weighted by atomic mass is 10.1. The minimum absolute atomic E-state index is 0.823. The van der Waals surface area contributed by atoms with E-state index in [9.17, 15) is 0 Å². The van der Waals surface area contributed by atoms with Crippen LogP contribution in [0.25, 0.3) is 0 Å². The summed E-state index contributed by atoms with van der Waals surface area (Å²) < 4.78 is 5.92. The van der Waals surface area contributed by atoms with E-state index in [1.54, 1.807) is 0 Å². The first-order valence-corrected chi connectivity index (χ1v) is 5.82. The second-order valence-corrected chi connectivity index (χ2v) is 3.98. The summed E-state index contributed by atoms with van der Waals surface area (Å²) >= 11 is 0. The van der Waals surface area contributed by atoms with E-state index in [0.29, 0.717) is 0 Å². The summed E-state index contributed by atoms with van der Waals surface area (Å²) in [5.74, 6) is 1.71. The number of ether oxygens (including phenoxy) is 1. The van der Waals surface area contributed by atoms with Crippen LogP contribution < -0.4 is 4.74 Å². The van der Waals surface area contributed by atoms with Crippen LogP contribution in [0.2, 0.25) is 0 Å². The highest BCUT2D eigenvalue weighted by Gasteiger charge is 2.15. The van der Waals surface area contributed by atoms with Gasteiger partial charge in [0.2, 0.25) is 0 Å². The molecule has 84 valence electrons. The van der Waals surface area contributed by atoms with Crippen molar-refractivity contribution in [2.24, 2.45) is 4.99 Å². The van der Waals surface area contributed by atoms with Crippen LogP contribution in [0, 0.1) is 0 Å². The number of para-hydroxylation sites is 3. The van der Waals surface area contributed by atoms with Crippen LogP contribution in [0.4, 0.5) is 5.69 Å². The van der Waals surface area contributed by atoms with E-state index in [1.807, 2.05) is 42.5 Å². The number of nitrogens with zero attached hydrogens (tertiary/aromatic N) is 1. The third kappa shape index (κ3) is 1.72. The molecule has 17 heavy (non-hydrogen) atoms. The van der Waals surface area contributed by atoms with Crippen LogP contribution in [0.3, 0.4) is 0 Å². The second kappa shape index (κ2) is 4.06. The van der Waals surface area contributed by atoms with Gasteiger partial charge in [0.25, 0.3) is 0 Å². The molecule has 1 aliphatic rings. The molecule has 0 saturated carbocycles. The van der Waals surface area contributed by atoms with Crippen LogP contribution in [0.1, 0.15) is 18.9 Å². The Morgan fingerprint density at radius 3 is 2.47 bits per heavy atom. The highest BCUT2D eigenvalue weighted by Crippen LogP contribution is 2.37. The van der Waals surface area contributed by atoms with Crippen LogP contribution >= 0.6 is 0 Å². The lowest BCUT2D eigenvalue weighted by Crippen LogP contribution is -1.98. The second-order valence-electron chi connectivity index (χ2n) is 3.98. The van der Waals surface area contributed by atoms with E-state index in [-0.39, 0.29) is 0 Å². The molecule has 1 aliphatic heterocycles. The van der Waals surface area contributed by atoms with Gasteiger partial charge < -0.3 is 4.74 Å². The topological polar surface area (TPSA) is 21.6 Å². The lowest BCUT2D eigenvalue weighted by Gasteiger charge is -2.07. The summed E-state index contributed by atoms with van der Waals surface area (Å²) in [7, 11) is 0. The Bertz CT molecular complexity index is 587. The number of hydrogen-bond donors (Lipinski definition) is 0. The van der Waals surface area contributed by atoms with Gasteiger partial charge in [0.15, 0.2) is 5.75 Å². The molecule has 0 radical (unpaired) electrons. The van der Waals surface area contributed by atoms with Crippen molar-refractivity contribution in [2.45, 2.75) is 13.3 Å². The smallest absolute Gasteiger partial charge is 0.153 e. The molecule has 0 unspecified atom stereocenters. The van der Waals surface area contributed by atoms with Crippen molar-refractivity contribution >= 4 is 11.4 Å². The van der Waals surface area contributed by atoms with E-state index in [4.69, 9.17) is 9.73 Å². The first-order chi connectivity index (χ1) is 8.38. The van der Waals surface area contributed by atoms with Crippen molar-refractivity contribution < 1.29 is 4.74 Å². The number of benzene rings is 2. The molecule has 2 aromatic rings. The standard InChI is InChI=1S/C15H13NO/c1-2-12-11-7-3-5-9-14(11)17-15-10-6-4-8-13(15)16-12/h3-10H,2H2,1H3. The summed E-state index contributed by atoms with van der Waals surface area (Å²) in [4.78, 5) is 4.69. The van der Waals surface area contributed by atoms with Gasteiger partial charge in [0.05, 0.1) is 5.71 Å². The largest absolute Gasteiger partial charge is 0.454 e. The number of fused-ring (bicyclic) bond motifs is 2. The van der Waals surface area contributed by atoms with Gasteiger partial charge >= 0.3 is 0 Å². The van der Waals surface area contributed by atoms with Gasteiger partial charge in [-0.15, -0.1) is 0 Å². The van der Waals surface area contributed by atoms with E-state index in [2.05, 4.69) is 13.0 Å². The maximum atomic E-state index is 5.92. The van der Waals surface area contributed by atoms with Crippen molar-refractivity contribution in [1.29, 1.82) is 0 Å². The maximum Gasteiger partial charge on any atom is 0.153 e. The first-order valence-electron chi connectivity index (χ1n) is 5.82. The summed E-state index contributed by atoms with van der Waals surface area (Å²) in [5.41, 5.74) is 3.07. The van der Waals surface area contributed by atoms with Gasteiger partial charge in [-0.1, -0.05) is 31.2 Å². The van der Waals surface area contributed by atoms with Crippen molar-refractivity contribution in [2.75, 3.05) is 0 Å². The van der Waals surface area contributed by atoms with Gasteiger partial charge in [0.1, 0.15) is 11.4 Å². The van der Waals surface area contributed by atoms with Gasteiger partial charge in [-0.05, 0) is 30.7 Å². The molecule has 0 aliphatic carbocycles. The van der Waals surface area contributed by atoms with E-state index in [1.165, 1.54) is 0 Å². The summed E-state index contributed by atoms with van der Waals surface area (Å²) in [6, 6.07) is 15.9. The van der Waals surface area contributed by atoms with Crippen LogP contribution in [0.5, 0.6) is 11.5 Å². The Morgan fingerprint density at radius 1 is 0.941 bits per heavy atom. The molecule has 0 spiro atoms. The Hall–Kier alpha value is -2.09. The predicted octanol–water partition coefficient (Wildman–Crippen LogP) is 4.32. The SMILES string of the molecule is CCC1=Nc2ccccc2Oc2ccccc21. The number of hydrogen-bond acceptors (Lipinski definition) is 2. The highest BCUT2D eigenvalue weighted by molar-refractivity contribution is 6.05. The molecule has 0 amide bonds. The van der Waals surface area contributed by atoms with Crippen molar-refractivity contribution in [3.63, 3.8) is 0 Å². The van der Waals surface area contributed by atoms with Crippen molar-refractivity contribution in [3.8, 4) is 11.5 Å². The minimum Gasteiger partial charge on any atom is -0.454 e. The highest BCUT2D eigenvalue weighted by atomic mass is 16.5. The molecule has 0 aromatic heterocycles. The minimum atomic E-state index is 0.823. The van der Waals surface area contributed by atoms with E-state index in [0.717, 1.165) is 34.9 Å². The van der Waals surface area contributed by atoms with Crippen molar-refractivity contribution in [3.05, 3.63) is 54.1 Å². The summed E-state index contributed by atoms with van der Waals surface area (Å²) in [5, 5.41) is 0. The van der Waals surface area contributed by atoms with E-state index >= 15 is 0 Å². The van der Waals surface area contributed by atoms with Crippen LogP contribution in [0.15, 0.2) is 53.5 Å².